The molecule has 2 aromatic rings. The van der Waals surface area contributed by atoms with Crippen molar-refractivity contribution in [1.29, 1.82) is 0 Å². The zero-order chi connectivity index (χ0) is 18.1. The smallest absolute Gasteiger partial charge is 0.238 e. The number of nitrogens with zero attached hydrogens (tertiary/aromatic N) is 1. The van der Waals surface area contributed by atoms with E-state index in [1.54, 1.807) is 19.9 Å². The van der Waals surface area contributed by atoms with E-state index < -0.39 is 0 Å². The van der Waals surface area contributed by atoms with Crippen molar-refractivity contribution in [2.75, 3.05) is 17.6 Å². The van der Waals surface area contributed by atoms with Crippen LogP contribution in [0.3, 0.4) is 0 Å². The number of carbonyl (C=O) groups is 2. The van der Waals surface area contributed by atoms with Crippen LogP contribution in [0.25, 0.3) is 0 Å². The second-order valence-corrected chi connectivity index (χ2v) is 7.03. The van der Waals surface area contributed by atoms with Crippen molar-refractivity contribution in [3.63, 3.8) is 0 Å². The Bertz CT molecular complexity index is 688. The Balaban J connectivity index is 1.59. The van der Waals surface area contributed by atoms with Gasteiger partial charge in [0.2, 0.25) is 11.8 Å². The van der Waals surface area contributed by atoms with Gasteiger partial charge in [0.1, 0.15) is 5.76 Å². The van der Waals surface area contributed by atoms with Crippen molar-refractivity contribution in [2.24, 2.45) is 0 Å². The van der Waals surface area contributed by atoms with Gasteiger partial charge in [-0.3, -0.25) is 9.59 Å². The van der Waals surface area contributed by atoms with Crippen LogP contribution in [0, 0.1) is 6.92 Å². The van der Waals surface area contributed by atoms with Crippen molar-refractivity contribution in [2.45, 2.75) is 31.9 Å². The zero-order valence-corrected chi connectivity index (χ0v) is 15.3. The Morgan fingerprint density at radius 2 is 2.04 bits per heavy atom. The van der Waals surface area contributed by atoms with Gasteiger partial charge >= 0.3 is 0 Å². The first-order chi connectivity index (χ1) is 12.0. The molecule has 0 radical (unpaired) electrons. The summed E-state index contributed by atoms with van der Waals surface area (Å²) >= 11 is 1.29. The molecule has 2 amide bonds. The van der Waals surface area contributed by atoms with Crippen LogP contribution in [0.15, 0.2) is 40.9 Å². The van der Waals surface area contributed by atoms with E-state index in [1.807, 2.05) is 18.2 Å². The Hall–Kier alpha value is -2.28. The predicted octanol–water partition coefficient (Wildman–Crippen LogP) is 2.79. The van der Waals surface area contributed by atoms with E-state index in [9.17, 15) is 9.59 Å². The highest BCUT2D eigenvalue weighted by Crippen LogP contribution is 2.14. The molecular formula is C18H23N3O3S. The first kappa shape index (κ1) is 19.1. The van der Waals surface area contributed by atoms with Crippen LogP contribution in [0.5, 0.6) is 0 Å². The van der Waals surface area contributed by atoms with Crippen LogP contribution in [0.2, 0.25) is 0 Å². The van der Waals surface area contributed by atoms with Crippen molar-refractivity contribution >= 4 is 29.4 Å². The third-order valence-electron chi connectivity index (χ3n) is 3.52. The molecule has 0 spiro atoms. The zero-order valence-electron chi connectivity index (χ0n) is 14.5. The summed E-state index contributed by atoms with van der Waals surface area (Å²) in [5.41, 5.74) is 1.26. The lowest BCUT2D eigenvalue weighted by molar-refractivity contribution is -0.118. The largest absolute Gasteiger partial charge is 0.360 e. The number of thioether (sulfide) groups is 1. The summed E-state index contributed by atoms with van der Waals surface area (Å²) in [6, 6.07) is 11.8. The molecule has 1 aromatic heterocycles. The van der Waals surface area contributed by atoms with E-state index in [-0.39, 0.29) is 22.8 Å². The molecule has 0 aliphatic carbocycles. The van der Waals surface area contributed by atoms with Gasteiger partial charge in [-0.1, -0.05) is 35.5 Å². The molecule has 6 nitrogen and oxygen atoms in total. The van der Waals surface area contributed by atoms with Gasteiger partial charge in [-0.15, -0.1) is 11.8 Å². The molecule has 0 fully saturated rings. The lowest BCUT2D eigenvalue weighted by Gasteiger charge is -2.10. The number of rotatable bonds is 9. The standard InChI is InChI=1S/C18H23N3O3S/c1-13-11-16(21-24-13)20-18(23)14(2)25-12-17(22)19-10-6-9-15-7-4-3-5-8-15/h3-5,7-8,11,14H,6,9-10,12H2,1-2H3,(H,19,22)(H,20,21,23). The number of benzene rings is 1. The summed E-state index contributed by atoms with van der Waals surface area (Å²) < 4.78 is 4.89. The first-order valence-corrected chi connectivity index (χ1v) is 9.26. The Morgan fingerprint density at radius 1 is 1.28 bits per heavy atom. The van der Waals surface area contributed by atoms with Crippen molar-refractivity contribution in [3.8, 4) is 0 Å². The average molecular weight is 361 g/mol. The number of nitrogens with one attached hydrogen (secondary N) is 2. The summed E-state index contributed by atoms with van der Waals surface area (Å²) in [7, 11) is 0. The number of hydrogen-bond donors (Lipinski definition) is 2. The van der Waals surface area contributed by atoms with E-state index in [0.29, 0.717) is 18.1 Å². The summed E-state index contributed by atoms with van der Waals surface area (Å²) in [4.78, 5) is 23.9. The van der Waals surface area contributed by atoms with Crippen molar-refractivity contribution < 1.29 is 14.1 Å². The number of anilines is 1. The highest BCUT2D eigenvalue weighted by molar-refractivity contribution is 8.01. The molecule has 25 heavy (non-hydrogen) atoms. The molecule has 2 rings (SSSR count). The minimum Gasteiger partial charge on any atom is -0.360 e. The molecule has 2 N–H and O–H groups in total. The number of aryl methyl sites for hydroxylation is 2. The summed E-state index contributed by atoms with van der Waals surface area (Å²) in [6.07, 6.45) is 1.83. The predicted molar refractivity (Wildman–Crippen MR) is 99.6 cm³/mol. The third-order valence-corrected chi connectivity index (χ3v) is 4.66. The molecule has 7 heteroatoms. The van der Waals surface area contributed by atoms with Gasteiger partial charge in [0.05, 0.1) is 11.0 Å². The molecule has 0 aliphatic heterocycles. The Labute approximate surface area is 151 Å². The lowest BCUT2D eigenvalue weighted by atomic mass is 10.1. The summed E-state index contributed by atoms with van der Waals surface area (Å²) in [5.74, 6) is 1.01. The highest BCUT2D eigenvalue weighted by atomic mass is 32.2. The van der Waals surface area contributed by atoms with Gasteiger partial charge in [0, 0.05) is 12.6 Å². The van der Waals surface area contributed by atoms with Crippen molar-refractivity contribution in [1.82, 2.24) is 10.5 Å². The van der Waals surface area contributed by atoms with E-state index in [1.165, 1.54) is 17.3 Å². The van der Waals surface area contributed by atoms with Crippen molar-refractivity contribution in [3.05, 3.63) is 47.7 Å². The lowest BCUT2D eigenvalue weighted by Crippen LogP contribution is -2.29. The second kappa shape index (κ2) is 9.88. The van der Waals surface area contributed by atoms with Crippen LogP contribution in [0.1, 0.15) is 24.7 Å². The minimum absolute atomic E-state index is 0.0602. The molecule has 0 saturated carbocycles. The maximum absolute atomic E-state index is 12.0. The fourth-order valence-electron chi connectivity index (χ4n) is 2.15. The molecule has 1 heterocycles. The number of carbonyl (C=O) groups excluding carboxylic acids is 2. The topological polar surface area (TPSA) is 84.2 Å². The quantitative estimate of drug-likeness (QED) is 0.671. The summed E-state index contributed by atoms with van der Waals surface area (Å²) in [6.45, 7) is 4.14. The van der Waals surface area contributed by atoms with E-state index in [4.69, 9.17) is 4.52 Å². The highest BCUT2D eigenvalue weighted by Gasteiger charge is 2.16. The SMILES string of the molecule is Cc1cc(NC(=O)C(C)SCC(=O)NCCCc2ccccc2)no1. The molecule has 1 aromatic carbocycles. The number of amides is 2. The summed E-state index contributed by atoms with van der Waals surface area (Å²) in [5, 5.41) is 8.90. The maximum atomic E-state index is 12.0. The Kier molecular flexibility index (Phi) is 7.53. The van der Waals surface area contributed by atoms with Gasteiger partial charge in [-0.05, 0) is 32.3 Å². The molecule has 1 atom stereocenters. The fourth-order valence-corrected chi connectivity index (χ4v) is 2.86. The maximum Gasteiger partial charge on any atom is 0.238 e. The van der Waals surface area contributed by atoms with E-state index in [0.717, 1.165) is 12.8 Å². The molecule has 134 valence electrons. The van der Waals surface area contributed by atoms with Gasteiger partial charge in [0.25, 0.3) is 0 Å². The first-order valence-electron chi connectivity index (χ1n) is 8.21. The van der Waals surface area contributed by atoms with E-state index in [2.05, 4.69) is 27.9 Å². The van der Waals surface area contributed by atoms with Gasteiger partial charge < -0.3 is 15.2 Å². The Morgan fingerprint density at radius 3 is 2.72 bits per heavy atom. The normalized spacial score (nSPS) is 11.8. The molecule has 0 bridgehead atoms. The van der Waals surface area contributed by atoms with Crippen LogP contribution in [-0.4, -0.2) is 34.5 Å². The third kappa shape index (κ3) is 7.01. The average Bonchev–Trinajstić information content (AvgIpc) is 3.02. The van der Waals surface area contributed by atoms with Crippen LogP contribution >= 0.6 is 11.8 Å². The van der Waals surface area contributed by atoms with Crippen LogP contribution < -0.4 is 10.6 Å². The molecule has 1 unspecified atom stereocenters. The minimum atomic E-state index is -0.355. The molecule has 0 saturated heterocycles. The second-order valence-electron chi connectivity index (χ2n) is 5.70. The van der Waals surface area contributed by atoms with Crippen LogP contribution in [-0.2, 0) is 16.0 Å². The number of aromatic nitrogens is 1. The number of hydrogen-bond acceptors (Lipinski definition) is 5. The monoisotopic (exact) mass is 361 g/mol. The molecule has 0 aliphatic rings. The van der Waals surface area contributed by atoms with Gasteiger partial charge in [0.15, 0.2) is 5.82 Å². The fraction of sp³-hybridized carbons (Fsp3) is 0.389. The van der Waals surface area contributed by atoms with E-state index >= 15 is 0 Å². The van der Waals surface area contributed by atoms with Gasteiger partial charge in [-0.25, -0.2) is 0 Å². The van der Waals surface area contributed by atoms with Gasteiger partial charge in [-0.2, -0.15) is 0 Å². The molecular weight excluding hydrogens is 338 g/mol. The van der Waals surface area contributed by atoms with Crippen LogP contribution in [0.4, 0.5) is 5.82 Å².